The van der Waals surface area contributed by atoms with Crippen LogP contribution in [0.4, 0.5) is 4.79 Å². The van der Waals surface area contributed by atoms with Gasteiger partial charge in [0.05, 0.1) is 13.0 Å². The number of nitrogens with one attached hydrogen (secondary N) is 2. The van der Waals surface area contributed by atoms with E-state index in [1.807, 2.05) is 32.0 Å². The SMILES string of the molecule is C=Cc1cccc(C(C(=O)NCCC(=O)OCC)N(C(=O)C(NC(=O)OC(C)(C)C)C(C)C)C2CCC2)c1. The monoisotopic (exact) mass is 529 g/mol. The zero-order valence-corrected chi connectivity index (χ0v) is 23.5. The average molecular weight is 530 g/mol. The molecule has 3 amide bonds. The molecule has 1 aliphatic rings. The molecule has 210 valence electrons. The van der Waals surface area contributed by atoms with E-state index in [0.29, 0.717) is 5.56 Å². The van der Waals surface area contributed by atoms with E-state index in [0.717, 1.165) is 24.8 Å². The van der Waals surface area contributed by atoms with E-state index in [1.54, 1.807) is 44.7 Å². The van der Waals surface area contributed by atoms with Crippen molar-refractivity contribution in [2.75, 3.05) is 13.2 Å². The van der Waals surface area contributed by atoms with E-state index in [-0.39, 0.29) is 37.4 Å². The molecule has 0 radical (unpaired) electrons. The van der Waals surface area contributed by atoms with Crippen LogP contribution in [-0.2, 0) is 23.9 Å². The first kappa shape index (κ1) is 30.9. The van der Waals surface area contributed by atoms with Gasteiger partial charge in [-0.3, -0.25) is 14.4 Å². The molecule has 0 heterocycles. The van der Waals surface area contributed by atoms with Crippen molar-refractivity contribution in [2.24, 2.45) is 5.92 Å². The third-order valence-corrected chi connectivity index (χ3v) is 6.25. The van der Waals surface area contributed by atoms with E-state index in [4.69, 9.17) is 9.47 Å². The van der Waals surface area contributed by atoms with Crippen LogP contribution in [0.15, 0.2) is 30.8 Å². The number of esters is 1. The summed E-state index contributed by atoms with van der Waals surface area (Å²) in [5, 5.41) is 5.55. The standard InChI is InChI=1S/C29H43N3O6/c1-8-20-12-10-13-21(18-20)25(26(34)30-17-16-23(33)37-9-2)32(22-14-11-15-22)27(35)24(19(3)4)31-28(36)38-29(5,6)7/h8,10,12-13,18-19,22,24-25H,1,9,11,14-17H2,2-7H3,(H,30,34)(H,31,36). The molecule has 9 heteroatoms. The summed E-state index contributed by atoms with van der Waals surface area (Å²) in [6, 6.07) is 5.27. The summed E-state index contributed by atoms with van der Waals surface area (Å²) in [4.78, 5) is 53.9. The summed E-state index contributed by atoms with van der Waals surface area (Å²) in [6.07, 6.45) is 3.43. The lowest BCUT2D eigenvalue weighted by Crippen LogP contribution is -2.58. The number of rotatable bonds is 12. The van der Waals surface area contributed by atoms with Crippen LogP contribution in [0.5, 0.6) is 0 Å². The largest absolute Gasteiger partial charge is 0.466 e. The van der Waals surface area contributed by atoms with Crippen molar-refractivity contribution in [2.45, 2.75) is 91.0 Å². The van der Waals surface area contributed by atoms with Crippen LogP contribution >= 0.6 is 0 Å². The van der Waals surface area contributed by atoms with Gasteiger partial charge in [-0.15, -0.1) is 0 Å². The lowest BCUT2D eigenvalue weighted by Gasteiger charge is -2.44. The van der Waals surface area contributed by atoms with Crippen LogP contribution in [0.3, 0.4) is 0 Å². The molecule has 0 saturated heterocycles. The van der Waals surface area contributed by atoms with Crippen molar-refractivity contribution in [3.8, 4) is 0 Å². The molecule has 1 saturated carbocycles. The number of hydrogen-bond acceptors (Lipinski definition) is 6. The smallest absolute Gasteiger partial charge is 0.408 e. The number of carbonyl (C=O) groups is 4. The van der Waals surface area contributed by atoms with Crippen molar-refractivity contribution in [1.82, 2.24) is 15.5 Å². The summed E-state index contributed by atoms with van der Waals surface area (Å²) in [5.74, 6) is -1.43. The lowest BCUT2D eigenvalue weighted by molar-refractivity contribution is -0.148. The quantitative estimate of drug-likeness (QED) is 0.389. The van der Waals surface area contributed by atoms with Crippen molar-refractivity contribution in [3.63, 3.8) is 0 Å². The molecular weight excluding hydrogens is 486 g/mol. The van der Waals surface area contributed by atoms with Gasteiger partial charge in [-0.25, -0.2) is 4.79 Å². The summed E-state index contributed by atoms with van der Waals surface area (Å²) in [5.41, 5.74) is 0.700. The van der Waals surface area contributed by atoms with Gasteiger partial charge in [0, 0.05) is 12.6 Å². The molecule has 0 bridgehead atoms. The molecular formula is C29H43N3O6. The normalized spacial score (nSPS) is 15.0. The summed E-state index contributed by atoms with van der Waals surface area (Å²) in [7, 11) is 0. The Balaban J connectivity index is 2.44. The fourth-order valence-electron chi connectivity index (χ4n) is 4.20. The number of hydrogen-bond donors (Lipinski definition) is 2. The minimum Gasteiger partial charge on any atom is -0.466 e. The summed E-state index contributed by atoms with van der Waals surface area (Å²) >= 11 is 0. The highest BCUT2D eigenvalue weighted by atomic mass is 16.6. The Labute approximate surface area is 226 Å². The Kier molecular flexibility index (Phi) is 11.4. The number of alkyl carbamates (subject to hydrolysis) is 1. The number of nitrogens with zero attached hydrogens (tertiary/aromatic N) is 1. The lowest BCUT2D eigenvalue weighted by atomic mass is 9.87. The van der Waals surface area contributed by atoms with Gasteiger partial charge in [0.15, 0.2) is 0 Å². The Bertz CT molecular complexity index is 996. The minimum absolute atomic E-state index is 0.0190. The maximum Gasteiger partial charge on any atom is 0.408 e. The Morgan fingerprint density at radius 2 is 1.87 bits per heavy atom. The highest BCUT2D eigenvalue weighted by Crippen LogP contribution is 2.34. The maximum absolute atomic E-state index is 14.1. The fraction of sp³-hybridized carbons (Fsp3) is 0.586. The van der Waals surface area contributed by atoms with Gasteiger partial charge >= 0.3 is 12.1 Å². The zero-order chi connectivity index (χ0) is 28.5. The van der Waals surface area contributed by atoms with Crippen LogP contribution in [0.2, 0.25) is 0 Å². The number of carbonyl (C=O) groups excluding carboxylic acids is 4. The van der Waals surface area contributed by atoms with Gasteiger partial charge in [-0.2, -0.15) is 0 Å². The summed E-state index contributed by atoms with van der Waals surface area (Å²) in [6.45, 7) is 14.8. The molecule has 38 heavy (non-hydrogen) atoms. The second-order valence-corrected chi connectivity index (χ2v) is 10.8. The van der Waals surface area contributed by atoms with Crippen LogP contribution in [0.1, 0.15) is 84.4 Å². The van der Waals surface area contributed by atoms with Crippen molar-refractivity contribution < 1.29 is 28.7 Å². The minimum atomic E-state index is -0.961. The Morgan fingerprint density at radius 1 is 1.18 bits per heavy atom. The molecule has 0 spiro atoms. The van der Waals surface area contributed by atoms with E-state index in [9.17, 15) is 19.2 Å². The van der Waals surface area contributed by atoms with Gasteiger partial charge in [-0.1, -0.05) is 44.7 Å². The molecule has 2 atom stereocenters. The molecule has 2 unspecified atom stereocenters. The van der Waals surface area contributed by atoms with Gasteiger partial charge in [0.2, 0.25) is 11.8 Å². The first-order valence-corrected chi connectivity index (χ1v) is 13.3. The van der Waals surface area contributed by atoms with Crippen LogP contribution in [-0.4, -0.2) is 59.6 Å². The molecule has 2 rings (SSSR count). The highest BCUT2D eigenvalue weighted by Gasteiger charge is 2.42. The first-order valence-electron chi connectivity index (χ1n) is 13.3. The number of amides is 3. The second-order valence-electron chi connectivity index (χ2n) is 10.8. The van der Waals surface area contributed by atoms with E-state index < -0.39 is 35.7 Å². The van der Waals surface area contributed by atoms with Crippen molar-refractivity contribution in [1.29, 1.82) is 0 Å². The predicted molar refractivity (Wildman–Crippen MR) is 146 cm³/mol. The molecule has 1 aromatic carbocycles. The Hall–Kier alpha value is -3.36. The number of benzene rings is 1. The van der Waals surface area contributed by atoms with E-state index >= 15 is 0 Å². The molecule has 0 aliphatic heterocycles. The third kappa shape index (κ3) is 8.89. The topological polar surface area (TPSA) is 114 Å². The molecule has 9 nitrogen and oxygen atoms in total. The number of ether oxygens (including phenoxy) is 2. The predicted octanol–water partition coefficient (Wildman–Crippen LogP) is 4.37. The third-order valence-electron chi connectivity index (χ3n) is 6.25. The van der Waals surface area contributed by atoms with Gasteiger partial charge in [-0.05, 0) is 70.1 Å². The fourth-order valence-corrected chi connectivity index (χ4v) is 4.20. The van der Waals surface area contributed by atoms with Crippen LogP contribution in [0, 0.1) is 5.92 Å². The van der Waals surface area contributed by atoms with Crippen molar-refractivity contribution >= 4 is 30.0 Å². The van der Waals surface area contributed by atoms with E-state index in [2.05, 4.69) is 17.2 Å². The average Bonchev–Trinajstić information content (AvgIpc) is 2.79. The zero-order valence-electron chi connectivity index (χ0n) is 23.5. The van der Waals surface area contributed by atoms with Gasteiger partial charge < -0.3 is 25.0 Å². The molecule has 0 aromatic heterocycles. The van der Waals surface area contributed by atoms with Crippen molar-refractivity contribution in [3.05, 3.63) is 42.0 Å². The van der Waals surface area contributed by atoms with Gasteiger partial charge in [0.25, 0.3) is 0 Å². The van der Waals surface area contributed by atoms with Gasteiger partial charge in [0.1, 0.15) is 17.7 Å². The molecule has 1 aliphatic carbocycles. The van der Waals surface area contributed by atoms with Crippen LogP contribution in [0.25, 0.3) is 6.08 Å². The summed E-state index contributed by atoms with van der Waals surface area (Å²) < 4.78 is 10.4. The molecule has 1 aromatic rings. The first-order chi connectivity index (χ1) is 17.9. The maximum atomic E-state index is 14.1. The molecule has 2 N–H and O–H groups in total. The van der Waals surface area contributed by atoms with E-state index in [1.165, 1.54) is 0 Å². The Morgan fingerprint density at radius 3 is 2.39 bits per heavy atom. The molecule has 1 fully saturated rings. The highest BCUT2D eigenvalue weighted by molar-refractivity contribution is 5.92. The van der Waals surface area contributed by atoms with Crippen LogP contribution < -0.4 is 10.6 Å². The second kappa shape index (κ2) is 14.0.